The molecule has 0 atom stereocenters. The Bertz CT molecular complexity index is 1180. The lowest BCUT2D eigenvalue weighted by Crippen LogP contribution is -2.18. The highest BCUT2D eigenvalue weighted by Crippen LogP contribution is 2.27. The minimum atomic E-state index is -0.449. The number of aryl methyl sites for hydroxylation is 1. The number of thiophene rings is 1. The van der Waals surface area contributed by atoms with Crippen LogP contribution in [0.3, 0.4) is 0 Å². The van der Waals surface area contributed by atoms with Gasteiger partial charge in [0, 0.05) is 17.8 Å². The lowest BCUT2D eigenvalue weighted by atomic mass is 10.3. The van der Waals surface area contributed by atoms with Gasteiger partial charge < -0.3 is 9.73 Å². The van der Waals surface area contributed by atoms with Crippen LogP contribution in [0.5, 0.6) is 0 Å². The number of aromatic nitrogens is 4. The average molecular weight is 446 g/mol. The van der Waals surface area contributed by atoms with E-state index in [1.807, 2.05) is 17.5 Å². The van der Waals surface area contributed by atoms with E-state index < -0.39 is 5.91 Å². The quantitative estimate of drug-likeness (QED) is 0.498. The summed E-state index contributed by atoms with van der Waals surface area (Å²) in [6.45, 7) is 1.71. The Morgan fingerprint density at radius 2 is 2.19 bits per heavy atom. The number of H-pyrrole nitrogens is 1. The Hall–Kier alpha value is -2.98. The molecule has 0 aromatic carbocycles. The third-order valence-electron chi connectivity index (χ3n) is 3.58. The summed E-state index contributed by atoms with van der Waals surface area (Å²) in [5.41, 5.74) is 0.872. The first kappa shape index (κ1) is 17.4. The van der Waals surface area contributed by atoms with Gasteiger partial charge >= 0.3 is 0 Å². The van der Waals surface area contributed by atoms with Gasteiger partial charge in [0.2, 0.25) is 5.95 Å². The lowest BCUT2D eigenvalue weighted by molar-refractivity contribution is 0.0994. The Kier molecular flexibility index (Phi) is 4.50. The molecule has 2 N–H and O–H groups in total. The largest absolute Gasteiger partial charge is 0.444 e. The van der Waals surface area contributed by atoms with Gasteiger partial charge in [0.25, 0.3) is 11.5 Å². The van der Waals surface area contributed by atoms with Gasteiger partial charge in [-0.2, -0.15) is 9.78 Å². The highest BCUT2D eigenvalue weighted by atomic mass is 79.9. The first-order valence-electron chi connectivity index (χ1n) is 7.78. The van der Waals surface area contributed by atoms with Crippen molar-refractivity contribution in [1.82, 2.24) is 19.7 Å². The van der Waals surface area contributed by atoms with Gasteiger partial charge in [0.1, 0.15) is 11.5 Å². The summed E-state index contributed by atoms with van der Waals surface area (Å²) in [6.07, 6.45) is 0. The molecule has 136 valence electrons. The zero-order valence-corrected chi connectivity index (χ0v) is 16.3. The molecular formula is C17H12BrN5O3S. The van der Waals surface area contributed by atoms with E-state index in [9.17, 15) is 9.59 Å². The fourth-order valence-electron chi connectivity index (χ4n) is 2.45. The van der Waals surface area contributed by atoms with Gasteiger partial charge in [-0.15, -0.1) is 11.3 Å². The van der Waals surface area contributed by atoms with Crippen LogP contribution < -0.4 is 10.9 Å². The Balaban J connectivity index is 1.79. The summed E-state index contributed by atoms with van der Waals surface area (Å²) in [6, 6.07) is 10.1. The second-order valence-corrected chi connectivity index (χ2v) is 7.30. The number of hydrogen-bond acceptors (Lipinski definition) is 6. The zero-order valence-electron chi connectivity index (χ0n) is 13.9. The predicted octanol–water partition coefficient (Wildman–Crippen LogP) is 3.60. The van der Waals surface area contributed by atoms with E-state index in [4.69, 9.17) is 4.42 Å². The topological polar surface area (TPSA) is 106 Å². The Labute approximate surface area is 165 Å². The second kappa shape index (κ2) is 6.97. The van der Waals surface area contributed by atoms with Crippen LogP contribution in [0.2, 0.25) is 0 Å². The first-order chi connectivity index (χ1) is 13.0. The molecule has 0 saturated carbocycles. The minimum absolute atomic E-state index is 0.137. The number of nitrogens with one attached hydrogen (secondary N) is 2. The predicted molar refractivity (Wildman–Crippen MR) is 104 cm³/mol. The maximum Gasteiger partial charge on any atom is 0.292 e. The molecule has 0 aliphatic heterocycles. The van der Waals surface area contributed by atoms with Gasteiger partial charge in [-0.05, 0) is 46.4 Å². The minimum Gasteiger partial charge on any atom is -0.444 e. The standard InChI is InChI=1S/C17H12BrN5O3S/c1-9-7-15(24)21-17(19-9)23-14(8-10(22-23)12-3-2-6-27-12)20-16(25)11-4-5-13(18)26-11/h2-8H,1H3,(H,20,25)(H,19,21,24). The lowest BCUT2D eigenvalue weighted by Gasteiger charge is -2.07. The summed E-state index contributed by atoms with van der Waals surface area (Å²) in [4.78, 5) is 32.2. The van der Waals surface area contributed by atoms with E-state index >= 15 is 0 Å². The fourth-order valence-corrected chi connectivity index (χ4v) is 3.44. The zero-order chi connectivity index (χ0) is 19.0. The third kappa shape index (κ3) is 3.62. The monoisotopic (exact) mass is 445 g/mol. The molecule has 0 fully saturated rings. The molecular weight excluding hydrogens is 434 g/mol. The van der Waals surface area contributed by atoms with E-state index in [-0.39, 0.29) is 17.3 Å². The van der Waals surface area contributed by atoms with Gasteiger partial charge in [-0.25, -0.2) is 4.98 Å². The molecule has 0 aliphatic carbocycles. The van der Waals surface area contributed by atoms with E-state index in [1.165, 1.54) is 22.1 Å². The van der Waals surface area contributed by atoms with Crippen molar-refractivity contribution in [3.8, 4) is 16.5 Å². The summed E-state index contributed by atoms with van der Waals surface area (Å²) < 4.78 is 7.12. The van der Waals surface area contributed by atoms with Crippen molar-refractivity contribution in [3.63, 3.8) is 0 Å². The molecule has 0 radical (unpaired) electrons. The van der Waals surface area contributed by atoms with Crippen LogP contribution in [0.1, 0.15) is 16.2 Å². The van der Waals surface area contributed by atoms with Crippen LogP contribution in [-0.4, -0.2) is 25.7 Å². The molecule has 27 heavy (non-hydrogen) atoms. The van der Waals surface area contributed by atoms with Crippen molar-refractivity contribution in [2.75, 3.05) is 5.32 Å². The van der Waals surface area contributed by atoms with E-state index in [0.717, 1.165) is 4.88 Å². The summed E-state index contributed by atoms with van der Waals surface area (Å²) in [5, 5.41) is 9.18. The Morgan fingerprint density at radius 1 is 1.33 bits per heavy atom. The van der Waals surface area contributed by atoms with Crippen molar-refractivity contribution >= 4 is 39.0 Å². The number of anilines is 1. The van der Waals surface area contributed by atoms with Crippen molar-refractivity contribution in [2.24, 2.45) is 0 Å². The number of halogens is 1. The number of carbonyl (C=O) groups excluding carboxylic acids is 1. The second-order valence-electron chi connectivity index (χ2n) is 5.57. The SMILES string of the molecule is Cc1cc(=O)[nH]c(-n2nc(-c3cccs3)cc2NC(=O)c2ccc(Br)o2)n1. The normalized spacial score (nSPS) is 10.9. The van der Waals surface area contributed by atoms with Crippen molar-refractivity contribution in [1.29, 1.82) is 0 Å². The number of amides is 1. The molecule has 4 aromatic heterocycles. The third-order valence-corrected chi connectivity index (χ3v) is 4.90. The van der Waals surface area contributed by atoms with Crippen LogP contribution in [0.4, 0.5) is 5.82 Å². The Morgan fingerprint density at radius 3 is 2.85 bits per heavy atom. The van der Waals surface area contributed by atoms with Gasteiger partial charge in [0.15, 0.2) is 10.4 Å². The van der Waals surface area contributed by atoms with Crippen LogP contribution in [-0.2, 0) is 0 Å². The van der Waals surface area contributed by atoms with Crippen molar-refractivity contribution in [2.45, 2.75) is 6.92 Å². The molecule has 0 aliphatic rings. The molecule has 0 saturated heterocycles. The van der Waals surface area contributed by atoms with Crippen LogP contribution in [0, 0.1) is 6.92 Å². The molecule has 4 rings (SSSR count). The van der Waals surface area contributed by atoms with Gasteiger partial charge in [0.05, 0.1) is 4.88 Å². The number of rotatable bonds is 4. The smallest absolute Gasteiger partial charge is 0.292 e. The van der Waals surface area contributed by atoms with Gasteiger partial charge in [-0.3, -0.25) is 14.6 Å². The molecule has 4 heterocycles. The fraction of sp³-hybridized carbons (Fsp3) is 0.0588. The van der Waals surface area contributed by atoms with E-state index in [2.05, 4.69) is 36.3 Å². The molecule has 0 spiro atoms. The van der Waals surface area contributed by atoms with Crippen molar-refractivity contribution in [3.05, 3.63) is 68.3 Å². The molecule has 1 amide bonds. The highest BCUT2D eigenvalue weighted by Gasteiger charge is 2.18. The van der Waals surface area contributed by atoms with Crippen LogP contribution >= 0.6 is 27.3 Å². The maximum absolute atomic E-state index is 12.5. The summed E-state index contributed by atoms with van der Waals surface area (Å²) in [5.74, 6) is 0.246. The number of carbonyl (C=O) groups is 1. The maximum atomic E-state index is 12.5. The van der Waals surface area contributed by atoms with E-state index in [0.29, 0.717) is 21.9 Å². The highest BCUT2D eigenvalue weighted by molar-refractivity contribution is 9.10. The number of furan rings is 1. The number of hydrogen-bond donors (Lipinski definition) is 2. The van der Waals surface area contributed by atoms with E-state index in [1.54, 1.807) is 25.1 Å². The van der Waals surface area contributed by atoms with Crippen LogP contribution in [0.15, 0.2) is 55.7 Å². The van der Waals surface area contributed by atoms with Gasteiger partial charge in [-0.1, -0.05) is 6.07 Å². The summed E-state index contributed by atoms with van der Waals surface area (Å²) >= 11 is 4.68. The van der Waals surface area contributed by atoms with Crippen molar-refractivity contribution < 1.29 is 9.21 Å². The summed E-state index contributed by atoms with van der Waals surface area (Å²) in [7, 11) is 0. The molecule has 0 unspecified atom stereocenters. The number of nitrogens with zero attached hydrogens (tertiary/aromatic N) is 3. The number of aromatic amines is 1. The first-order valence-corrected chi connectivity index (χ1v) is 9.46. The molecule has 0 bridgehead atoms. The van der Waals surface area contributed by atoms with Crippen LogP contribution in [0.25, 0.3) is 16.5 Å². The molecule has 8 nitrogen and oxygen atoms in total. The molecule has 10 heteroatoms. The average Bonchev–Trinajstić information content (AvgIpc) is 3.33. The molecule has 4 aromatic rings.